The molecule has 1 rings (SSSR count). The molecule has 1 aromatic rings. The predicted molar refractivity (Wildman–Crippen MR) is 58.2 cm³/mol. The second-order valence-corrected chi connectivity index (χ2v) is 3.50. The zero-order chi connectivity index (χ0) is 10.4. The molecule has 0 amide bonds. The Balaban J connectivity index is 2.59. The van der Waals surface area contributed by atoms with Crippen LogP contribution in [-0.2, 0) is 0 Å². The van der Waals surface area contributed by atoms with Crippen LogP contribution in [0, 0.1) is 0 Å². The summed E-state index contributed by atoms with van der Waals surface area (Å²) in [6, 6.07) is 1.25. The molecule has 0 saturated heterocycles. The number of nitrogens with two attached hydrogens (primary N) is 2. The van der Waals surface area contributed by atoms with Gasteiger partial charge in [0.1, 0.15) is 5.82 Å². The first-order valence-corrected chi connectivity index (χ1v) is 5.05. The molecule has 0 radical (unpaired) electrons. The third-order valence-corrected chi connectivity index (χ3v) is 2.18. The van der Waals surface area contributed by atoms with E-state index in [1.54, 1.807) is 0 Å². The zero-order valence-electron chi connectivity index (χ0n) is 7.56. The summed E-state index contributed by atoms with van der Waals surface area (Å²) in [4.78, 5) is 17.5. The maximum atomic E-state index is 11.0. The fraction of sp³-hybridized carbons (Fsp3) is 0.250. The minimum Gasteiger partial charge on any atom is -0.383 e. The normalized spacial score (nSPS) is 10.9. The van der Waals surface area contributed by atoms with Crippen LogP contribution in [0.3, 0.4) is 0 Å². The topological polar surface area (TPSA) is 97.8 Å². The molecule has 0 atom stereocenters. The highest BCUT2D eigenvalue weighted by atomic mass is 32.2. The minimum atomic E-state index is -0.234. The summed E-state index contributed by atoms with van der Waals surface area (Å²) in [6.07, 6.45) is 3.76. The van der Waals surface area contributed by atoms with Gasteiger partial charge in [0.2, 0.25) is 0 Å². The highest BCUT2D eigenvalue weighted by molar-refractivity contribution is 7.99. The van der Waals surface area contributed by atoms with Crippen molar-refractivity contribution in [3.05, 3.63) is 28.6 Å². The van der Waals surface area contributed by atoms with Crippen molar-refractivity contribution in [3.8, 4) is 0 Å². The van der Waals surface area contributed by atoms with E-state index >= 15 is 0 Å². The number of nitrogen functional groups attached to an aromatic ring is 1. The Labute approximate surface area is 85.6 Å². The molecule has 0 spiro atoms. The van der Waals surface area contributed by atoms with E-state index < -0.39 is 0 Å². The SMILES string of the molecule is NCC=CCSc1nc(N)cc(=O)[nH]1. The molecule has 0 fully saturated rings. The van der Waals surface area contributed by atoms with Crippen LogP contribution in [0.4, 0.5) is 5.82 Å². The van der Waals surface area contributed by atoms with Crippen LogP contribution in [0.1, 0.15) is 0 Å². The van der Waals surface area contributed by atoms with Crippen molar-refractivity contribution in [2.45, 2.75) is 5.16 Å². The summed E-state index contributed by atoms with van der Waals surface area (Å²) >= 11 is 1.40. The van der Waals surface area contributed by atoms with Crippen molar-refractivity contribution in [3.63, 3.8) is 0 Å². The van der Waals surface area contributed by atoms with Gasteiger partial charge in [0.15, 0.2) is 5.16 Å². The number of H-pyrrole nitrogens is 1. The van der Waals surface area contributed by atoms with Crippen molar-refractivity contribution in [1.29, 1.82) is 0 Å². The summed E-state index contributed by atoms with van der Waals surface area (Å²) in [6.45, 7) is 0.515. The Morgan fingerprint density at radius 3 is 3.00 bits per heavy atom. The molecular weight excluding hydrogens is 200 g/mol. The predicted octanol–water partition coefficient (Wildman–Crippen LogP) is -0.0409. The second-order valence-electron chi connectivity index (χ2n) is 2.49. The lowest BCUT2D eigenvalue weighted by atomic mass is 10.5. The van der Waals surface area contributed by atoms with Crippen molar-refractivity contribution < 1.29 is 0 Å². The quantitative estimate of drug-likeness (QED) is 0.369. The van der Waals surface area contributed by atoms with Gasteiger partial charge in [-0.25, -0.2) is 4.98 Å². The van der Waals surface area contributed by atoms with Crippen LogP contribution < -0.4 is 17.0 Å². The van der Waals surface area contributed by atoms with E-state index in [0.29, 0.717) is 17.5 Å². The summed E-state index contributed by atoms with van der Waals surface area (Å²) in [5.41, 5.74) is 10.4. The monoisotopic (exact) mass is 212 g/mol. The number of aromatic amines is 1. The van der Waals surface area contributed by atoms with Gasteiger partial charge in [-0.05, 0) is 0 Å². The summed E-state index contributed by atoms with van der Waals surface area (Å²) < 4.78 is 0. The Kier molecular flexibility index (Phi) is 4.21. The lowest BCUT2D eigenvalue weighted by molar-refractivity contribution is 0.947. The zero-order valence-corrected chi connectivity index (χ0v) is 8.38. The molecule has 5 nitrogen and oxygen atoms in total. The molecule has 1 heterocycles. The van der Waals surface area contributed by atoms with Gasteiger partial charge in [-0.15, -0.1) is 0 Å². The molecule has 0 aromatic carbocycles. The minimum absolute atomic E-state index is 0.234. The Morgan fingerprint density at radius 2 is 2.36 bits per heavy atom. The Morgan fingerprint density at radius 1 is 1.57 bits per heavy atom. The molecule has 0 bridgehead atoms. The Bertz CT molecular complexity index is 374. The fourth-order valence-electron chi connectivity index (χ4n) is 0.813. The van der Waals surface area contributed by atoms with Crippen LogP contribution >= 0.6 is 11.8 Å². The number of thioether (sulfide) groups is 1. The first-order valence-electron chi connectivity index (χ1n) is 4.07. The van der Waals surface area contributed by atoms with Gasteiger partial charge in [0.05, 0.1) is 0 Å². The number of hydrogen-bond donors (Lipinski definition) is 3. The van der Waals surface area contributed by atoms with Crippen molar-refractivity contribution >= 4 is 17.6 Å². The van der Waals surface area contributed by atoms with Gasteiger partial charge in [0.25, 0.3) is 5.56 Å². The Hall–Kier alpha value is -1.27. The third-order valence-electron chi connectivity index (χ3n) is 1.36. The molecule has 5 N–H and O–H groups in total. The molecule has 1 aromatic heterocycles. The van der Waals surface area contributed by atoms with E-state index in [2.05, 4.69) is 9.97 Å². The molecule has 0 saturated carbocycles. The maximum Gasteiger partial charge on any atom is 0.253 e. The molecule has 6 heteroatoms. The summed E-state index contributed by atoms with van der Waals surface area (Å²) in [5, 5.41) is 0.525. The number of nitrogens with one attached hydrogen (secondary N) is 1. The number of anilines is 1. The van der Waals surface area contributed by atoms with Crippen molar-refractivity contribution in [2.75, 3.05) is 18.0 Å². The number of aromatic nitrogens is 2. The molecular formula is C8H12N4OS. The van der Waals surface area contributed by atoms with Crippen LogP contribution in [0.2, 0.25) is 0 Å². The standard InChI is InChI=1S/C8H12N4OS/c9-3-1-2-4-14-8-11-6(10)5-7(13)12-8/h1-2,5H,3-4,9H2,(H3,10,11,12,13). The lowest BCUT2D eigenvalue weighted by Gasteiger charge is -1.97. The molecule has 0 aliphatic heterocycles. The van der Waals surface area contributed by atoms with Gasteiger partial charge >= 0.3 is 0 Å². The summed E-state index contributed by atoms with van der Waals surface area (Å²) in [7, 11) is 0. The van der Waals surface area contributed by atoms with Crippen LogP contribution in [0.25, 0.3) is 0 Å². The lowest BCUT2D eigenvalue weighted by Crippen LogP contribution is -2.09. The average molecular weight is 212 g/mol. The molecule has 14 heavy (non-hydrogen) atoms. The van der Waals surface area contributed by atoms with Crippen LogP contribution in [0.5, 0.6) is 0 Å². The molecule has 0 unspecified atom stereocenters. The van der Waals surface area contributed by atoms with Crippen LogP contribution in [0.15, 0.2) is 28.2 Å². The second kappa shape index (κ2) is 5.46. The van der Waals surface area contributed by atoms with E-state index in [4.69, 9.17) is 11.5 Å². The van der Waals surface area contributed by atoms with Crippen molar-refractivity contribution in [2.24, 2.45) is 5.73 Å². The van der Waals surface area contributed by atoms with Crippen molar-refractivity contribution in [1.82, 2.24) is 9.97 Å². The largest absolute Gasteiger partial charge is 0.383 e. The highest BCUT2D eigenvalue weighted by Gasteiger charge is 1.97. The van der Waals surface area contributed by atoms with Gasteiger partial charge < -0.3 is 16.5 Å². The van der Waals surface area contributed by atoms with Gasteiger partial charge in [-0.2, -0.15) is 0 Å². The summed E-state index contributed by atoms with van der Waals surface area (Å²) in [5.74, 6) is 0.947. The molecule has 76 valence electrons. The van der Waals surface area contributed by atoms with E-state index in [1.807, 2.05) is 12.2 Å². The van der Waals surface area contributed by atoms with Gasteiger partial charge in [-0.3, -0.25) is 4.79 Å². The third kappa shape index (κ3) is 3.63. The highest BCUT2D eigenvalue weighted by Crippen LogP contribution is 2.11. The van der Waals surface area contributed by atoms with Crippen LogP contribution in [-0.4, -0.2) is 22.3 Å². The first kappa shape index (κ1) is 10.8. The van der Waals surface area contributed by atoms with E-state index in [9.17, 15) is 4.79 Å². The van der Waals surface area contributed by atoms with E-state index in [0.717, 1.165) is 0 Å². The number of hydrogen-bond acceptors (Lipinski definition) is 5. The van der Waals surface area contributed by atoms with Gasteiger partial charge in [-0.1, -0.05) is 23.9 Å². The average Bonchev–Trinajstić information content (AvgIpc) is 2.11. The fourth-order valence-corrected chi connectivity index (χ4v) is 1.55. The van der Waals surface area contributed by atoms with E-state index in [1.165, 1.54) is 17.8 Å². The molecule has 0 aliphatic rings. The smallest absolute Gasteiger partial charge is 0.253 e. The number of rotatable bonds is 4. The maximum absolute atomic E-state index is 11.0. The first-order chi connectivity index (χ1) is 6.72. The molecule has 0 aliphatic carbocycles. The number of nitrogens with zero attached hydrogens (tertiary/aromatic N) is 1. The van der Waals surface area contributed by atoms with Gasteiger partial charge in [0, 0.05) is 18.4 Å². The van der Waals surface area contributed by atoms with E-state index in [-0.39, 0.29) is 11.4 Å².